The Morgan fingerprint density at radius 2 is 1.63 bits per heavy atom. The molecular formula is C29H33ClN2O3. The number of primary amides is 1. The number of hydrogen-bond acceptors (Lipinski definition) is 4. The summed E-state index contributed by atoms with van der Waals surface area (Å²) in [5.41, 5.74) is 6.87. The van der Waals surface area contributed by atoms with E-state index >= 15 is 0 Å². The van der Waals surface area contributed by atoms with Crippen LogP contribution >= 0.6 is 11.6 Å². The van der Waals surface area contributed by atoms with E-state index in [9.17, 15) is 9.90 Å². The summed E-state index contributed by atoms with van der Waals surface area (Å²) in [6.45, 7) is 6.01. The van der Waals surface area contributed by atoms with Gasteiger partial charge in [0.15, 0.2) is 11.5 Å². The third-order valence-corrected chi connectivity index (χ3v) is 7.52. The standard InChI is InChI=1S/C29H33ClN2O3/c1-28(2,32-18-15-24(20-32)35-26-14-13-23(30)19-25(26)33)16-17-29(27(31)34,21-9-5-3-6-10-21)22-11-7-4-8-12-22/h3-14,19,24,33H,15-18,20H2,1-2H3,(H2,31,34)/t24-/m0/s1. The number of nitrogens with zero attached hydrogens (tertiary/aromatic N) is 1. The first-order valence-corrected chi connectivity index (χ1v) is 12.4. The van der Waals surface area contributed by atoms with Gasteiger partial charge < -0.3 is 15.6 Å². The Kier molecular flexibility index (Phi) is 7.39. The van der Waals surface area contributed by atoms with Gasteiger partial charge in [0.05, 0.1) is 5.41 Å². The van der Waals surface area contributed by atoms with Gasteiger partial charge in [-0.05, 0) is 56.4 Å². The van der Waals surface area contributed by atoms with Crippen LogP contribution in [0, 0.1) is 0 Å². The van der Waals surface area contributed by atoms with Crippen molar-refractivity contribution in [3.05, 3.63) is 95.0 Å². The molecule has 184 valence electrons. The molecule has 0 unspecified atom stereocenters. The summed E-state index contributed by atoms with van der Waals surface area (Å²) in [4.78, 5) is 15.5. The summed E-state index contributed by atoms with van der Waals surface area (Å²) in [5.74, 6) is 0.152. The highest BCUT2D eigenvalue weighted by molar-refractivity contribution is 6.30. The molecule has 1 saturated heterocycles. The van der Waals surface area contributed by atoms with Crippen molar-refractivity contribution >= 4 is 17.5 Å². The molecule has 1 fully saturated rings. The predicted octanol–water partition coefficient (Wildman–Crippen LogP) is 5.53. The van der Waals surface area contributed by atoms with E-state index < -0.39 is 5.41 Å². The number of likely N-dealkylation sites (tertiary alicyclic amines) is 1. The van der Waals surface area contributed by atoms with Crippen LogP contribution in [0.4, 0.5) is 0 Å². The minimum absolute atomic E-state index is 0.0366. The average molecular weight is 493 g/mol. The number of amides is 1. The number of rotatable bonds is 9. The van der Waals surface area contributed by atoms with Gasteiger partial charge in [-0.1, -0.05) is 72.3 Å². The molecular weight excluding hydrogens is 460 g/mol. The number of carbonyl (C=O) groups is 1. The maximum Gasteiger partial charge on any atom is 0.232 e. The van der Waals surface area contributed by atoms with Gasteiger partial charge in [0.2, 0.25) is 5.91 Å². The molecule has 3 N–H and O–H groups in total. The number of benzene rings is 3. The quantitative estimate of drug-likeness (QED) is 0.412. The van der Waals surface area contributed by atoms with E-state index in [1.807, 2.05) is 60.7 Å². The summed E-state index contributed by atoms with van der Waals surface area (Å²) >= 11 is 5.94. The van der Waals surface area contributed by atoms with Crippen molar-refractivity contribution in [3.63, 3.8) is 0 Å². The molecule has 1 aliphatic heterocycles. The molecule has 0 spiro atoms. The van der Waals surface area contributed by atoms with Crippen molar-refractivity contribution in [2.24, 2.45) is 5.73 Å². The second-order valence-electron chi connectivity index (χ2n) is 9.90. The molecule has 1 heterocycles. The van der Waals surface area contributed by atoms with E-state index in [2.05, 4.69) is 18.7 Å². The molecule has 0 aromatic heterocycles. The Morgan fingerprint density at radius 3 is 2.17 bits per heavy atom. The molecule has 4 rings (SSSR count). The van der Waals surface area contributed by atoms with Crippen LogP contribution in [0.2, 0.25) is 5.02 Å². The van der Waals surface area contributed by atoms with Gasteiger partial charge in [0.25, 0.3) is 0 Å². The van der Waals surface area contributed by atoms with E-state index in [0.29, 0.717) is 17.2 Å². The van der Waals surface area contributed by atoms with Crippen LogP contribution in [-0.4, -0.2) is 40.6 Å². The number of aromatic hydroxyl groups is 1. The van der Waals surface area contributed by atoms with Crippen LogP contribution in [-0.2, 0) is 10.2 Å². The molecule has 0 aliphatic carbocycles. The van der Waals surface area contributed by atoms with Crippen LogP contribution in [0.15, 0.2) is 78.9 Å². The van der Waals surface area contributed by atoms with Gasteiger partial charge in [-0.3, -0.25) is 9.69 Å². The molecule has 1 atom stereocenters. The monoisotopic (exact) mass is 492 g/mol. The lowest BCUT2D eigenvalue weighted by Gasteiger charge is -2.40. The fourth-order valence-electron chi connectivity index (χ4n) is 5.10. The lowest BCUT2D eigenvalue weighted by Crippen LogP contribution is -2.47. The highest BCUT2D eigenvalue weighted by Gasteiger charge is 2.43. The van der Waals surface area contributed by atoms with Crippen LogP contribution < -0.4 is 10.5 Å². The number of phenols is 1. The third kappa shape index (κ3) is 5.31. The van der Waals surface area contributed by atoms with Gasteiger partial charge in [-0.2, -0.15) is 0 Å². The molecule has 6 heteroatoms. The zero-order valence-electron chi connectivity index (χ0n) is 20.3. The van der Waals surface area contributed by atoms with Crippen LogP contribution in [0.1, 0.15) is 44.2 Å². The van der Waals surface area contributed by atoms with Crippen molar-refractivity contribution in [3.8, 4) is 11.5 Å². The molecule has 5 nitrogen and oxygen atoms in total. The second kappa shape index (κ2) is 10.3. The third-order valence-electron chi connectivity index (χ3n) is 7.28. The summed E-state index contributed by atoms with van der Waals surface area (Å²) in [5, 5.41) is 10.6. The van der Waals surface area contributed by atoms with E-state index in [-0.39, 0.29) is 23.3 Å². The Morgan fingerprint density at radius 1 is 1.03 bits per heavy atom. The number of halogens is 1. The smallest absolute Gasteiger partial charge is 0.232 e. The molecule has 0 saturated carbocycles. The number of hydrogen-bond donors (Lipinski definition) is 2. The molecule has 1 aliphatic rings. The lowest BCUT2D eigenvalue weighted by molar-refractivity contribution is -0.122. The van der Waals surface area contributed by atoms with Crippen LogP contribution in [0.3, 0.4) is 0 Å². The summed E-state index contributed by atoms with van der Waals surface area (Å²) in [7, 11) is 0. The largest absolute Gasteiger partial charge is 0.504 e. The fourth-order valence-corrected chi connectivity index (χ4v) is 5.27. The fraction of sp³-hybridized carbons (Fsp3) is 0.345. The summed E-state index contributed by atoms with van der Waals surface area (Å²) in [6, 6.07) is 24.6. The van der Waals surface area contributed by atoms with Crippen molar-refractivity contribution in [1.29, 1.82) is 0 Å². The SMILES string of the molecule is CC(C)(CCC(C(N)=O)(c1ccccc1)c1ccccc1)N1CC[C@H](Oc2ccc(Cl)cc2O)C1. The van der Waals surface area contributed by atoms with E-state index in [0.717, 1.165) is 37.1 Å². The van der Waals surface area contributed by atoms with Crippen LogP contribution in [0.25, 0.3) is 0 Å². The number of nitrogens with two attached hydrogens (primary N) is 1. The minimum atomic E-state index is -0.912. The van der Waals surface area contributed by atoms with Gasteiger partial charge in [0.1, 0.15) is 6.10 Å². The predicted molar refractivity (Wildman–Crippen MR) is 140 cm³/mol. The van der Waals surface area contributed by atoms with E-state index in [1.54, 1.807) is 12.1 Å². The number of ether oxygens (including phenoxy) is 1. The van der Waals surface area contributed by atoms with Crippen LogP contribution in [0.5, 0.6) is 11.5 Å². The molecule has 1 amide bonds. The average Bonchev–Trinajstić information content (AvgIpc) is 3.32. The first-order valence-electron chi connectivity index (χ1n) is 12.0. The highest BCUT2D eigenvalue weighted by atomic mass is 35.5. The van der Waals surface area contributed by atoms with E-state index in [4.69, 9.17) is 22.1 Å². The molecule has 0 bridgehead atoms. The first-order chi connectivity index (χ1) is 16.7. The Labute approximate surface area is 212 Å². The van der Waals surface area contributed by atoms with Gasteiger partial charge in [0, 0.05) is 29.7 Å². The number of phenolic OH excluding ortho intramolecular Hbond substituents is 1. The van der Waals surface area contributed by atoms with Crippen molar-refractivity contribution in [2.75, 3.05) is 13.1 Å². The van der Waals surface area contributed by atoms with Crippen molar-refractivity contribution < 1.29 is 14.6 Å². The molecule has 3 aromatic rings. The number of carbonyl (C=O) groups excluding carboxylic acids is 1. The maximum absolute atomic E-state index is 13.1. The van der Waals surface area contributed by atoms with Crippen molar-refractivity contribution in [2.45, 2.75) is 50.2 Å². The Bertz CT molecular complexity index is 1110. The zero-order chi connectivity index (χ0) is 25.1. The normalized spacial score (nSPS) is 16.8. The Hall–Kier alpha value is -3.02. The molecule has 0 radical (unpaired) electrons. The van der Waals surface area contributed by atoms with Gasteiger partial charge in [-0.25, -0.2) is 0 Å². The molecule has 35 heavy (non-hydrogen) atoms. The minimum Gasteiger partial charge on any atom is -0.504 e. The highest BCUT2D eigenvalue weighted by Crippen LogP contribution is 2.40. The first kappa shape index (κ1) is 25.1. The maximum atomic E-state index is 13.1. The second-order valence-corrected chi connectivity index (χ2v) is 10.3. The van der Waals surface area contributed by atoms with Gasteiger partial charge in [-0.15, -0.1) is 0 Å². The Balaban J connectivity index is 1.52. The van der Waals surface area contributed by atoms with Gasteiger partial charge >= 0.3 is 0 Å². The zero-order valence-corrected chi connectivity index (χ0v) is 21.0. The summed E-state index contributed by atoms with van der Waals surface area (Å²) < 4.78 is 6.08. The van der Waals surface area contributed by atoms with E-state index in [1.165, 1.54) is 6.07 Å². The summed E-state index contributed by atoms with van der Waals surface area (Å²) in [6.07, 6.45) is 2.16. The topological polar surface area (TPSA) is 75.8 Å². The lowest BCUT2D eigenvalue weighted by atomic mass is 9.69. The molecule has 3 aromatic carbocycles. The van der Waals surface area contributed by atoms with Crippen molar-refractivity contribution in [1.82, 2.24) is 4.90 Å².